The number of anilines is 2. The van der Waals surface area contributed by atoms with Crippen molar-refractivity contribution in [3.63, 3.8) is 0 Å². The van der Waals surface area contributed by atoms with Crippen molar-refractivity contribution in [1.82, 2.24) is 9.97 Å². The lowest BCUT2D eigenvalue weighted by Gasteiger charge is -2.34. The summed E-state index contributed by atoms with van der Waals surface area (Å²) in [6.45, 7) is 4.14. The van der Waals surface area contributed by atoms with Crippen LogP contribution in [0.1, 0.15) is 0 Å². The number of thiazole rings is 2. The highest BCUT2D eigenvalue weighted by atomic mass is 32.1. The molecule has 0 aromatic carbocycles. The van der Waals surface area contributed by atoms with Gasteiger partial charge in [0.05, 0.1) is 0 Å². The number of nitrogens with zero attached hydrogens (tertiary/aromatic N) is 4. The molecule has 0 radical (unpaired) electrons. The zero-order valence-electron chi connectivity index (χ0n) is 8.74. The van der Waals surface area contributed by atoms with E-state index in [4.69, 9.17) is 0 Å². The standard InChI is InChI=1S/C10H12N4S2/c1-7-15-9(11-1)13-3-5-14(6-4-13)10-12-2-8-16-10/h1-2,7-8H,3-6H2. The molecule has 6 heteroatoms. The summed E-state index contributed by atoms with van der Waals surface area (Å²) in [7, 11) is 0. The minimum Gasteiger partial charge on any atom is -0.345 e. The molecule has 0 bridgehead atoms. The van der Waals surface area contributed by atoms with Crippen molar-refractivity contribution in [3.05, 3.63) is 23.2 Å². The van der Waals surface area contributed by atoms with E-state index >= 15 is 0 Å². The van der Waals surface area contributed by atoms with Crippen molar-refractivity contribution in [2.75, 3.05) is 36.0 Å². The maximum absolute atomic E-state index is 4.34. The van der Waals surface area contributed by atoms with Crippen LogP contribution < -0.4 is 9.80 Å². The molecule has 0 atom stereocenters. The molecular weight excluding hydrogens is 240 g/mol. The zero-order chi connectivity index (χ0) is 10.8. The quantitative estimate of drug-likeness (QED) is 0.817. The Labute approximate surface area is 102 Å². The number of aromatic nitrogens is 2. The fourth-order valence-corrected chi connectivity index (χ4v) is 3.23. The van der Waals surface area contributed by atoms with Gasteiger partial charge in [-0.25, -0.2) is 9.97 Å². The average Bonchev–Trinajstić information content (AvgIpc) is 3.03. The van der Waals surface area contributed by atoms with Crippen LogP contribution >= 0.6 is 22.7 Å². The number of hydrogen-bond acceptors (Lipinski definition) is 6. The van der Waals surface area contributed by atoms with Gasteiger partial charge < -0.3 is 9.80 Å². The summed E-state index contributed by atoms with van der Waals surface area (Å²) in [5.74, 6) is 0. The molecule has 2 aromatic heterocycles. The lowest BCUT2D eigenvalue weighted by Crippen LogP contribution is -2.46. The molecule has 1 saturated heterocycles. The Morgan fingerprint density at radius 3 is 1.56 bits per heavy atom. The van der Waals surface area contributed by atoms with Crippen molar-refractivity contribution in [2.45, 2.75) is 0 Å². The average molecular weight is 252 g/mol. The van der Waals surface area contributed by atoms with Crippen molar-refractivity contribution in [1.29, 1.82) is 0 Å². The van der Waals surface area contributed by atoms with E-state index in [0.29, 0.717) is 0 Å². The Morgan fingerprint density at radius 2 is 1.25 bits per heavy atom. The van der Waals surface area contributed by atoms with Crippen LogP contribution in [0.25, 0.3) is 0 Å². The lowest BCUT2D eigenvalue weighted by atomic mass is 10.3. The SMILES string of the molecule is c1csc(N2CCN(c3nccs3)CC2)n1. The largest absolute Gasteiger partial charge is 0.345 e. The van der Waals surface area contributed by atoms with Gasteiger partial charge in [0.15, 0.2) is 10.3 Å². The Bertz CT molecular complexity index is 375. The van der Waals surface area contributed by atoms with Gasteiger partial charge in [-0.2, -0.15) is 0 Å². The first kappa shape index (κ1) is 10.0. The molecule has 1 aliphatic heterocycles. The summed E-state index contributed by atoms with van der Waals surface area (Å²) in [6.07, 6.45) is 3.74. The van der Waals surface area contributed by atoms with Crippen LogP contribution in [0.2, 0.25) is 0 Å². The van der Waals surface area contributed by atoms with Crippen LogP contribution in [0.5, 0.6) is 0 Å². The third-order valence-corrected chi connectivity index (χ3v) is 4.32. The first-order valence-corrected chi connectivity index (χ1v) is 6.98. The van der Waals surface area contributed by atoms with Crippen LogP contribution in [0.15, 0.2) is 23.2 Å². The van der Waals surface area contributed by atoms with Gasteiger partial charge in [-0.05, 0) is 0 Å². The summed E-state index contributed by atoms with van der Waals surface area (Å²) < 4.78 is 0. The molecule has 4 nitrogen and oxygen atoms in total. The number of piperazine rings is 1. The number of rotatable bonds is 2. The van der Waals surface area contributed by atoms with E-state index in [-0.39, 0.29) is 0 Å². The summed E-state index contributed by atoms with van der Waals surface area (Å²) in [6, 6.07) is 0. The Kier molecular flexibility index (Phi) is 2.75. The topological polar surface area (TPSA) is 32.3 Å². The fourth-order valence-electron chi connectivity index (χ4n) is 1.83. The molecule has 0 N–H and O–H groups in total. The minimum absolute atomic E-state index is 1.03. The highest BCUT2D eigenvalue weighted by Gasteiger charge is 2.19. The van der Waals surface area contributed by atoms with Gasteiger partial charge in [0, 0.05) is 49.3 Å². The fraction of sp³-hybridized carbons (Fsp3) is 0.400. The van der Waals surface area contributed by atoms with Crippen LogP contribution in [0, 0.1) is 0 Å². The molecule has 0 aliphatic carbocycles. The van der Waals surface area contributed by atoms with Gasteiger partial charge in [-0.15, -0.1) is 22.7 Å². The maximum Gasteiger partial charge on any atom is 0.185 e. The molecule has 3 heterocycles. The second-order valence-corrected chi connectivity index (χ2v) is 5.35. The normalized spacial score (nSPS) is 16.8. The van der Waals surface area contributed by atoms with Crippen molar-refractivity contribution in [3.8, 4) is 0 Å². The molecule has 0 amide bonds. The Morgan fingerprint density at radius 1 is 0.812 bits per heavy atom. The molecule has 0 unspecified atom stereocenters. The molecule has 2 aromatic rings. The summed E-state index contributed by atoms with van der Waals surface area (Å²) >= 11 is 3.42. The van der Waals surface area contributed by atoms with Crippen molar-refractivity contribution >= 4 is 32.9 Å². The zero-order valence-corrected chi connectivity index (χ0v) is 10.4. The van der Waals surface area contributed by atoms with Gasteiger partial charge in [0.25, 0.3) is 0 Å². The monoisotopic (exact) mass is 252 g/mol. The van der Waals surface area contributed by atoms with Crippen LogP contribution in [-0.2, 0) is 0 Å². The molecule has 16 heavy (non-hydrogen) atoms. The Balaban J connectivity index is 1.64. The van der Waals surface area contributed by atoms with Crippen LogP contribution in [0.3, 0.4) is 0 Å². The van der Waals surface area contributed by atoms with Crippen molar-refractivity contribution in [2.24, 2.45) is 0 Å². The minimum atomic E-state index is 1.03. The predicted molar refractivity (Wildman–Crippen MR) is 68.7 cm³/mol. The van der Waals surface area contributed by atoms with E-state index in [1.807, 2.05) is 23.2 Å². The molecule has 1 aliphatic rings. The van der Waals surface area contributed by atoms with Gasteiger partial charge >= 0.3 is 0 Å². The maximum atomic E-state index is 4.34. The summed E-state index contributed by atoms with van der Waals surface area (Å²) in [5, 5.41) is 6.34. The third-order valence-electron chi connectivity index (χ3n) is 2.66. The van der Waals surface area contributed by atoms with Crippen molar-refractivity contribution < 1.29 is 0 Å². The van der Waals surface area contributed by atoms with Crippen LogP contribution in [-0.4, -0.2) is 36.1 Å². The van der Waals surface area contributed by atoms with Crippen LogP contribution in [0.4, 0.5) is 10.3 Å². The molecule has 1 fully saturated rings. The van der Waals surface area contributed by atoms with E-state index < -0.39 is 0 Å². The van der Waals surface area contributed by atoms with E-state index in [1.54, 1.807) is 22.7 Å². The molecule has 0 saturated carbocycles. The summed E-state index contributed by atoms with van der Waals surface area (Å²) in [5.41, 5.74) is 0. The molecular formula is C10H12N4S2. The summed E-state index contributed by atoms with van der Waals surface area (Å²) in [4.78, 5) is 13.4. The lowest BCUT2D eigenvalue weighted by molar-refractivity contribution is 0.650. The first-order chi connectivity index (χ1) is 7.93. The highest BCUT2D eigenvalue weighted by Crippen LogP contribution is 2.22. The van der Waals surface area contributed by atoms with E-state index in [0.717, 1.165) is 36.4 Å². The van der Waals surface area contributed by atoms with E-state index in [9.17, 15) is 0 Å². The molecule has 3 rings (SSSR count). The predicted octanol–water partition coefficient (Wildman–Crippen LogP) is 1.93. The first-order valence-electron chi connectivity index (χ1n) is 5.22. The Hall–Kier alpha value is -1.14. The van der Waals surface area contributed by atoms with Gasteiger partial charge in [0.2, 0.25) is 0 Å². The third kappa shape index (κ3) is 1.90. The van der Waals surface area contributed by atoms with Gasteiger partial charge in [-0.1, -0.05) is 0 Å². The van der Waals surface area contributed by atoms with Gasteiger partial charge in [0.1, 0.15) is 0 Å². The molecule has 0 spiro atoms. The van der Waals surface area contributed by atoms with E-state index in [2.05, 4.69) is 19.8 Å². The highest BCUT2D eigenvalue weighted by molar-refractivity contribution is 7.14. The molecule has 84 valence electrons. The van der Waals surface area contributed by atoms with E-state index in [1.165, 1.54) is 0 Å². The van der Waals surface area contributed by atoms with Gasteiger partial charge in [-0.3, -0.25) is 0 Å². The smallest absolute Gasteiger partial charge is 0.185 e. The second kappa shape index (κ2) is 4.39. The second-order valence-electron chi connectivity index (χ2n) is 3.60. The number of hydrogen-bond donors (Lipinski definition) is 0.